The van der Waals surface area contributed by atoms with E-state index in [1.165, 1.54) is 6.42 Å². The first-order chi connectivity index (χ1) is 12.4. The summed E-state index contributed by atoms with van der Waals surface area (Å²) in [6, 6.07) is 4.26. The van der Waals surface area contributed by atoms with E-state index in [2.05, 4.69) is 12.2 Å². The van der Waals surface area contributed by atoms with Crippen molar-refractivity contribution < 1.29 is 23.0 Å². The van der Waals surface area contributed by atoms with Crippen molar-refractivity contribution in [3.8, 4) is 5.75 Å². The number of aliphatic hydroxyl groups excluding tert-OH is 1. The zero-order valence-corrected chi connectivity index (χ0v) is 15.4. The predicted octanol–water partition coefficient (Wildman–Crippen LogP) is 4.71. The fourth-order valence-electron chi connectivity index (χ4n) is 3.41. The van der Waals surface area contributed by atoms with Crippen LogP contribution < -0.4 is 10.1 Å². The lowest BCUT2D eigenvalue weighted by Gasteiger charge is -2.17. The Morgan fingerprint density at radius 2 is 1.88 bits per heavy atom. The third-order valence-corrected chi connectivity index (χ3v) is 4.89. The lowest BCUT2D eigenvalue weighted by atomic mass is 9.99. The predicted molar refractivity (Wildman–Crippen MR) is 96.4 cm³/mol. The van der Waals surface area contributed by atoms with Crippen LogP contribution in [-0.2, 0) is 12.6 Å². The van der Waals surface area contributed by atoms with E-state index in [0.717, 1.165) is 38.2 Å². The molecule has 1 heterocycles. The van der Waals surface area contributed by atoms with Crippen LogP contribution in [0.3, 0.4) is 0 Å². The van der Waals surface area contributed by atoms with Crippen molar-refractivity contribution in [3.05, 3.63) is 29.3 Å². The molecule has 0 saturated carbocycles. The Morgan fingerprint density at radius 3 is 2.54 bits per heavy atom. The van der Waals surface area contributed by atoms with Crippen molar-refractivity contribution in [2.45, 2.75) is 76.6 Å². The molecule has 0 aromatic heterocycles. The molecule has 1 fully saturated rings. The van der Waals surface area contributed by atoms with Crippen molar-refractivity contribution in [3.63, 3.8) is 0 Å². The second kappa shape index (κ2) is 10.2. The zero-order chi connectivity index (χ0) is 19.0. The van der Waals surface area contributed by atoms with Crippen LogP contribution >= 0.6 is 0 Å². The van der Waals surface area contributed by atoms with Crippen LogP contribution in [-0.4, -0.2) is 30.4 Å². The maximum Gasteiger partial charge on any atom is 0.416 e. The number of ether oxygens (including phenoxy) is 1. The molecule has 3 nitrogen and oxygen atoms in total. The van der Waals surface area contributed by atoms with Crippen molar-refractivity contribution in [1.29, 1.82) is 0 Å². The second-order valence-electron chi connectivity index (χ2n) is 7.10. The van der Waals surface area contributed by atoms with Crippen LogP contribution in [0, 0.1) is 0 Å². The number of halogens is 3. The monoisotopic (exact) mass is 373 g/mol. The lowest BCUT2D eigenvalue weighted by Crippen LogP contribution is -2.25. The molecule has 6 heteroatoms. The van der Waals surface area contributed by atoms with Gasteiger partial charge in [0.25, 0.3) is 0 Å². The van der Waals surface area contributed by atoms with Crippen LogP contribution in [0.4, 0.5) is 13.2 Å². The van der Waals surface area contributed by atoms with E-state index in [0.29, 0.717) is 24.9 Å². The first-order valence-corrected chi connectivity index (χ1v) is 9.65. The Bertz CT molecular complexity index is 548. The van der Waals surface area contributed by atoms with Gasteiger partial charge in [-0.3, -0.25) is 0 Å². The number of aryl methyl sites for hydroxylation is 1. The number of nitrogens with one attached hydrogen (secondary N) is 1. The van der Waals surface area contributed by atoms with Gasteiger partial charge in [-0.25, -0.2) is 0 Å². The minimum absolute atomic E-state index is 0.00482. The van der Waals surface area contributed by atoms with Gasteiger partial charge in [0.05, 0.1) is 12.2 Å². The molecular weight excluding hydrogens is 343 g/mol. The number of hydrogen-bond donors (Lipinski definition) is 2. The van der Waals surface area contributed by atoms with Crippen LogP contribution in [0.5, 0.6) is 5.75 Å². The Balaban J connectivity index is 1.96. The third kappa shape index (κ3) is 6.47. The number of aliphatic hydroxyl groups is 1. The Hall–Kier alpha value is -1.27. The molecule has 0 amide bonds. The highest BCUT2D eigenvalue weighted by atomic mass is 19.4. The van der Waals surface area contributed by atoms with E-state index in [9.17, 15) is 13.2 Å². The normalized spacial score (nSPS) is 20.5. The smallest absolute Gasteiger partial charge is 0.416 e. The summed E-state index contributed by atoms with van der Waals surface area (Å²) < 4.78 is 46.0. The molecular formula is C20H30F3NO2. The van der Waals surface area contributed by atoms with Crippen LogP contribution in [0.15, 0.2) is 18.2 Å². The summed E-state index contributed by atoms with van der Waals surface area (Å²) in [6.07, 6.45) is 2.77. The van der Waals surface area contributed by atoms with Gasteiger partial charge in [-0.05, 0) is 30.5 Å². The topological polar surface area (TPSA) is 41.5 Å². The van der Waals surface area contributed by atoms with Crippen molar-refractivity contribution in [2.75, 3.05) is 13.2 Å². The van der Waals surface area contributed by atoms with Crippen LogP contribution in [0.2, 0.25) is 0 Å². The van der Waals surface area contributed by atoms with Crippen molar-refractivity contribution >= 4 is 0 Å². The Morgan fingerprint density at radius 1 is 1.15 bits per heavy atom. The highest BCUT2D eigenvalue weighted by molar-refractivity contribution is 5.38. The van der Waals surface area contributed by atoms with E-state index in [-0.39, 0.29) is 24.5 Å². The van der Waals surface area contributed by atoms with Gasteiger partial charge in [0.15, 0.2) is 0 Å². The summed E-state index contributed by atoms with van der Waals surface area (Å²) >= 11 is 0. The average molecular weight is 373 g/mol. The molecule has 2 atom stereocenters. The van der Waals surface area contributed by atoms with Gasteiger partial charge in [0.1, 0.15) is 11.9 Å². The first kappa shape index (κ1) is 21.0. The molecule has 0 unspecified atom stereocenters. The van der Waals surface area contributed by atoms with E-state index in [1.807, 2.05) is 0 Å². The van der Waals surface area contributed by atoms with Gasteiger partial charge in [-0.2, -0.15) is 13.2 Å². The highest BCUT2D eigenvalue weighted by Gasteiger charge is 2.34. The van der Waals surface area contributed by atoms with Gasteiger partial charge in [-0.15, -0.1) is 0 Å². The summed E-state index contributed by atoms with van der Waals surface area (Å²) in [5, 5.41) is 12.2. The summed E-state index contributed by atoms with van der Waals surface area (Å²) in [5.41, 5.74) is -0.244. The molecule has 1 aromatic rings. The first-order valence-electron chi connectivity index (χ1n) is 9.65. The fourth-order valence-corrected chi connectivity index (χ4v) is 3.41. The molecule has 0 radical (unpaired) electrons. The van der Waals surface area contributed by atoms with Gasteiger partial charge < -0.3 is 15.2 Å². The quantitative estimate of drug-likeness (QED) is 0.584. The molecule has 1 aliphatic rings. The Labute approximate surface area is 153 Å². The SMILES string of the molecule is CCCCCCCCc1ccc(O[C@H]2CN[C@H](CO)C2)cc1C(F)(F)F. The molecule has 2 rings (SSSR count). The minimum atomic E-state index is -4.38. The molecule has 1 saturated heterocycles. The number of benzene rings is 1. The zero-order valence-electron chi connectivity index (χ0n) is 15.4. The fraction of sp³-hybridized carbons (Fsp3) is 0.700. The second-order valence-corrected chi connectivity index (χ2v) is 7.10. The molecule has 1 aliphatic heterocycles. The summed E-state index contributed by atoms with van der Waals surface area (Å²) in [4.78, 5) is 0. The van der Waals surface area contributed by atoms with E-state index in [1.54, 1.807) is 12.1 Å². The molecule has 0 spiro atoms. The number of alkyl halides is 3. The summed E-state index contributed by atoms with van der Waals surface area (Å²) in [6.45, 7) is 2.68. The van der Waals surface area contributed by atoms with Gasteiger partial charge >= 0.3 is 6.18 Å². The van der Waals surface area contributed by atoms with Crippen molar-refractivity contribution in [2.24, 2.45) is 0 Å². The maximum absolute atomic E-state index is 13.4. The van der Waals surface area contributed by atoms with E-state index >= 15 is 0 Å². The molecule has 0 bridgehead atoms. The molecule has 1 aromatic carbocycles. The molecule has 26 heavy (non-hydrogen) atoms. The molecule has 0 aliphatic carbocycles. The largest absolute Gasteiger partial charge is 0.489 e. The number of rotatable bonds is 10. The highest BCUT2D eigenvalue weighted by Crippen LogP contribution is 2.35. The Kier molecular flexibility index (Phi) is 8.22. The van der Waals surface area contributed by atoms with Crippen LogP contribution in [0.1, 0.15) is 63.0 Å². The van der Waals surface area contributed by atoms with Crippen molar-refractivity contribution in [1.82, 2.24) is 5.32 Å². The van der Waals surface area contributed by atoms with Gasteiger partial charge in [0, 0.05) is 19.0 Å². The maximum atomic E-state index is 13.4. The van der Waals surface area contributed by atoms with Gasteiger partial charge in [-0.1, -0.05) is 45.1 Å². The van der Waals surface area contributed by atoms with E-state index < -0.39 is 11.7 Å². The summed E-state index contributed by atoms with van der Waals surface area (Å²) in [7, 11) is 0. The minimum Gasteiger partial charge on any atom is -0.489 e. The number of unbranched alkanes of at least 4 members (excludes halogenated alkanes) is 5. The van der Waals surface area contributed by atoms with Crippen LogP contribution in [0.25, 0.3) is 0 Å². The standard InChI is InChI=1S/C20H30F3NO2/c1-2-3-4-5-6-7-8-15-9-10-17(12-19(15)20(21,22)23)26-18-11-16(14-25)24-13-18/h9-10,12,16,18,24-25H,2-8,11,13-14H2,1H3/t16-,18+/m0/s1. The summed E-state index contributed by atoms with van der Waals surface area (Å²) in [5.74, 6) is 0.245. The number of hydrogen-bond acceptors (Lipinski definition) is 3. The average Bonchev–Trinajstić information content (AvgIpc) is 3.05. The van der Waals surface area contributed by atoms with Gasteiger partial charge in [0.2, 0.25) is 0 Å². The lowest BCUT2D eigenvalue weighted by molar-refractivity contribution is -0.138. The third-order valence-electron chi connectivity index (χ3n) is 4.89. The van der Waals surface area contributed by atoms with E-state index in [4.69, 9.17) is 9.84 Å². The molecule has 2 N–H and O–H groups in total. The molecule has 148 valence electrons.